The summed E-state index contributed by atoms with van der Waals surface area (Å²) in [6, 6.07) is 13.9. The Labute approximate surface area is 139 Å². The third-order valence-electron chi connectivity index (χ3n) is 3.36. The van der Waals surface area contributed by atoms with Gasteiger partial charge in [-0.05, 0) is 42.0 Å². The van der Waals surface area contributed by atoms with Crippen molar-refractivity contribution in [2.75, 3.05) is 4.31 Å². The van der Waals surface area contributed by atoms with Crippen molar-refractivity contribution in [3.63, 3.8) is 0 Å². The first-order valence-electron chi connectivity index (χ1n) is 7.23. The molecule has 2 heterocycles. The van der Waals surface area contributed by atoms with Crippen LogP contribution in [0.3, 0.4) is 0 Å². The van der Waals surface area contributed by atoms with Crippen molar-refractivity contribution in [3.8, 4) is 0 Å². The van der Waals surface area contributed by atoms with Crippen molar-refractivity contribution >= 4 is 15.8 Å². The van der Waals surface area contributed by atoms with Gasteiger partial charge in [-0.1, -0.05) is 18.2 Å². The number of hydrogen-bond donors (Lipinski definition) is 0. The summed E-state index contributed by atoms with van der Waals surface area (Å²) in [5.41, 5.74) is 0.371. The fraction of sp³-hybridized carbons (Fsp3) is 0.118. The average Bonchev–Trinajstić information content (AvgIpc) is 3.06. The van der Waals surface area contributed by atoms with E-state index in [1.807, 2.05) is 0 Å². The van der Waals surface area contributed by atoms with E-state index in [-0.39, 0.29) is 18.1 Å². The molecule has 3 rings (SSSR count). The summed E-state index contributed by atoms with van der Waals surface area (Å²) in [7, 11) is -3.78. The second kappa shape index (κ2) is 6.84. The lowest BCUT2D eigenvalue weighted by atomic mass is 10.2. The maximum absolute atomic E-state index is 13.3. The Bertz CT molecular complexity index is 897. The highest BCUT2D eigenvalue weighted by atomic mass is 32.2. The van der Waals surface area contributed by atoms with E-state index in [0.717, 1.165) is 4.31 Å². The van der Waals surface area contributed by atoms with E-state index in [9.17, 15) is 12.8 Å². The predicted octanol–water partition coefficient (Wildman–Crippen LogP) is 3.35. The van der Waals surface area contributed by atoms with Crippen LogP contribution in [0, 0.1) is 5.82 Å². The quantitative estimate of drug-likeness (QED) is 0.687. The Hall–Kier alpha value is -2.67. The molecule has 0 aliphatic heterocycles. The number of halogens is 1. The van der Waals surface area contributed by atoms with Crippen molar-refractivity contribution in [1.29, 1.82) is 0 Å². The molecule has 124 valence electrons. The normalized spacial score (nSPS) is 11.4. The lowest BCUT2D eigenvalue weighted by molar-refractivity contribution is 0.508. The van der Waals surface area contributed by atoms with Crippen LogP contribution in [-0.2, 0) is 22.3 Å². The second-order valence-corrected chi connectivity index (χ2v) is 7.05. The number of pyridine rings is 1. The number of rotatable bonds is 6. The SMILES string of the molecule is O=S(=O)(Cc1cccc(F)c1)N(Cc1ccco1)c1ccccn1. The fourth-order valence-electron chi connectivity index (χ4n) is 2.28. The van der Waals surface area contributed by atoms with E-state index in [2.05, 4.69) is 4.98 Å². The third-order valence-corrected chi connectivity index (χ3v) is 5.04. The summed E-state index contributed by atoms with van der Waals surface area (Å²) in [6.45, 7) is 0.0155. The minimum absolute atomic E-state index is 0.0155. The smallest absolute Gasteiger partial charge is 0.240 e. The van der Waals surface area contributed by atoms with Gasteiger partial charge in [-0.15, -0.1) is 0 Å². The minimum atomic E-state index is -3.78. The molecular formula is C17H15FN2O3S. The molecule has 0 bridgehead atoms. The highest BCUT2D eigenvalue weighted by Gasteiger charge is 2.25. The Balaban J connectivity index is 1.94. The zero-order chi connectivity index (χ0) is 17.0. The third kappa shape index (κ3) is 3.80. The molecule has 0 saturated heterocycles. The van der Waals surface area contributed by atoms with E-state index >= 15 is 0 Å². The van der Waals surface area contributed by atoms with Crippen LogP contribution in [0.5, 0.6) is 0 Å². The number of hydrogen-bond acceptors (Lipinski definition) is 4. The van der Waals surface area contributed by atoms with Crippen LogP contribution in [0.2, 0.25) is 0 Å². The molecule has 0 radical (unpaired) electrons. The molecule has 7 heteroatoms. The van der Waals surface area contributed by atoms with Crippen LogP contribution in [0.4, 0.5) is 10.2 Å². The second-order valence-electron chi connectivity index (χ2n) is 5.16. The number of furan rings is 1. The number of sulfonamides is 1. The van der Waals surface area contributed by atoms with Crippen molar-refractivity contribution < 1.29 is 17.2 Å². The summed E-state index contributed by atoms with van der Waals surface area (Å²) in [5, 5.41) is 0. The maximum Gasteiger partial charge on any atom is 0.240 e. The van der Waals surface area contributed by atoms with Crippen LogP contribution in [0.15, 0.2) is 71.5 Å². The Morgan fingerprint density at radius 2 is 1.96 bits per heavy atom. The molecular weight excluding hydrogens is 331 g/mol. The molecule has 1 aromatic carbocycles. The standard InChI is InChI=1S/C17H15FN2O3S/c18-15-6-3-5-14(11-15)13-24(21,22)20(12-16-7-4-10-23-16)17-8-1-2-9-19-17/h1-11H,12-13H2. The van der Waals surface area contributed by atoms with Crippen LogP contribution >= 0.6 is 0 Å². The van der Waals surface area contributed by atoms with Crippen LogP contribution in [-0.4, -0.2) is 13.4 Å². The van der Waals surface area contributed by atoms with Gasteiger partial charge in [0.25, 0.3) is 0 Å². The molecule has 0 N–H and O–H groups in total. The summed E-state index contributed by atoms with van der Waals surface area (Å²) in [4.78, 5) is 4.12. The van der Waals surface area contributed by atoms with Crippen LogP contribution < -0.4 is 4.31 Å². The molecule has 5 nitrogen and oxygen atoms in total. The average molecular weight is 346 g/mol. The van der Waals surface area contributed by atoms with Crippen molar-refractivity contribution in [1.82, 2.24) is 4.98 Å². The molecule has 0 atom stereocenters. The van der Waals surface area contributed by atoms with E-state index in [1.54, 1.807) is 36.4 Å². The lowest BCUT2D eigenvalue weighted by Gasteiger charge is -2.22. The molecule has 24 heavy (non-hydrogen) atoms. The first-order chi connectivity index (χ1) is 11.5. The van der Waals surface area contributed by atoms with E-state index in [0.29, 0.717) is 11.3 Å². The molecule has 3 aromatic rings. The van der Waals surface area contributed by atoms with Gasteiger partial charge >= 0.3 is 0 Å². The van der Waals surface area contributed by atoms with Gasteiger partial charge in [0.05, 0.1) is 18.6 Å². The number of nitrogens with zero attached hydrogens (tertiary/aromatic N) is 2. The lowest BCUT2D eigenvalue weighted by Crippen LogP contribution is -2.32. The number of anilines is 1. The topological polar surface area (TPSA) is 63.4 Å². The predicted molar refractivity (Wildman–Crippen MR) is 88.2 cm³/mol. The molecule has 0 unspecified atom stereocenters. The molecule has 0 spiro atoms. The summed E-state index contributed by atoms with van der Waals surface area (Å²) in [6.07, 6.45) is 2.99. The van der Waals surface area contributed by atoms with Gasteiger partial charge in [0.1, 0.15) is 17.4 Å². The van der Waals surface area contributed by atoms with Gasteiger partial charge in [0.2, 0.25) is 10.0 Å². The zero-order valence-corrected chi connectivity index (χ0v) is 13.5. The highest BCUT2D eigenvalue weighted by Crippen LogP contribution is 2.21. The largest absolute Gasteiger partial charge is 0.467 e. The molecule has 0 saturated carbocycles. The summed E-state index contributed by atoms with van der Waals surface area (Å²) in [5.74, 6) is -0.0333. The monoisotopic (exact) mass is 346 g/mol. The first kappa shape index (κ1) is 16.2. The van der Waals surface area contributed by atoms with Crippen molar-refractivity contribution in [2.45, 2.75) is 12.3 Å². The molecule has 0 amide bonds. The molecule has 0 aliphatic carbocycles. The molecule has 0 fully saturated rings. The summed E-state index contributed by atoms with van der Waals surface area (Å²) >= 11 is 0. The Kier molecular flexibility index (Phi) is 4.61. The zero-order valence-electron chi connectivity index (χ0n) is 12.7. The van der Waals surface area contributed by atoms with Gasteiger partial charge in [0, 0.05) is 6.20 Å². The minimum Gasteiger partial charge on any atom is -0.467 e. The summed E-state index contributed by atoms with van der Waals surface area (Å²) < 4.78 is 45.5. The van der Waals surface area contributed by atoms with Crippen LogP contribution in [0.1, 0.15) is 11.3 Å². The van der Waals surface area contributed by atoms with Crippen LogP contribution in [0.25, 0.3) is 0 Å². The van der Waals surface area contributed by atoms with Crippen molar-refractivity contribution in [2.24, 2.45) is 0 Å². The van der Waals surface area contributed by atoms with E-state index in [4.69, 9.17) is 4.42 Å². The Morgan fingerprint density at radius 3 is 2.62 bits per heavy atom. The van der Waals surface area contributed by atoms with E-state index in [1.165, 1.54) is 30.7 Å². The Morgan fingerprint density at radius 1 is 1.08 bits per heavy atom. The van der Waals surface area contributed by atoms with E-state index < -0.39 is 15.8 Å². The van der Waals surface area contributed by atoms with Gasteiger partial charge in [-0.2, -0.15) is 0 Å². The number of benzene rings is 1. The van der Waals surface area contributed by atoms with Gasteiger partial charge in [-0.3, -0.25) is 0 Å². The number of aromatic nitrogens is 1. The highest BCUT2D eigenvalue weighted by molar-refractivity contribution is 7.92. The first-order valence-corrected chi connectivity index (χ1v) is 8.84. The molecule has 2 aromatic heterocycles. The van der Waals surface area contributed by atoms with Gasteiger partial charge in [-0.25, -0.2) is 22.1 Å². The van der Waals surface area contributed by atoms with Gasteiger partial charge < -0.3 is 4.42 Å². The maximum atomic E-state index is 13.3. The van der Waals surface area contributed by atoms with Gasteiger partial charge in [0.15, 0.2) is 0 Å². The molecule has 0 aliphatic rings. The van der Waals surface area contributed by atoms with Crippen molar-refractivity contribution in [3.05, 3.63) is 84.2 Å². The fourth-order valence-corrected chi connectivity index (χ4v) is 3.76.